The van der Waals surface area contributed by atoms with E-state index in [1.54, 1.807) is 0 Å². The first-order valence-electron chi connectivity index (χ1n) is 6.45. The second kappa shape index (κ2) is 5.38. The van der Waals surface area contributed by atoms with Gasteiger partial charge < -0.3 is 10.4 Å². The molecule has 1 amide bonds. The molecule has 0 aliphatic heterocycles. The van der Waals surface area contributed by atoms with Crippen molar-refractivity contribution in [2.24, 2.45) is 23.7 Å². The third kappa shape index (κ3) is 2.33. The van der Waals surface area contributed by atoms with Crippen LogP contribution in [0.5, 0.6) is 0 Å². The highest BCUT2D eigenvalue weighted by atomic mass is 16.4. The Balaban J connectivity index is 1.96. The van der Waals surface area contributed by atoms with Crippen LogP contribution in [0.2, 0.25) is 0 Å². The predicted molar refractivity (Wildman–Crippen MR) is 67.8 cm³/mol. The molecule has 4 nitrogen and oxygen atoms in total. The number of carboxylic acids is 1. The maximum Gasteiger partial charge on any atom is 0.307 e. The third-order valence-electron chi connectivity index (χ3n) is 3.89. The fraction of sp³-hybridized carbons (Fsp3) is 0.571. The zero-order valence-corrected chi connectivity index (χ0v) is 10.5. The van der Waals surface area contributed by atoms with Crippen molar-refractivity contribution in [1.82, 2.24) is 5.32 Å². The molecule has 2 aliphatic rings. The van der Waals surface area contributed by atoms with Crippen molar-refractivity contribution in [3.63, 3.8) is 0 Å². The van der Waals surface area contributed by atoms with Crippen molar-refractivity contribution in [2.75, 3.05) is 6.54 Å². The number of aliphatic carboxylic acids is 1. The van der Waals surface area contributed by atoms with Crippen molar-refractivity contribution in [3.8, 4) is 0 Å². The number of allylic oxidation sites excluding steroid dienone is 3. The molecule has 4 heteroatoms. The minimum absolute atomic E-state index is 0.0405. The van der Waals surface area contributed by atoms with E-state index in [1.165, 1.54) is 0 Å². The summed E-state index contributed by atoms with van der Waals surface area (Å²) in [5.74, 6) is -1.73. The van der Waals surface area contributed by atoms with Gasteiger partial charge in [0.25, 0.3) is 0 Å². The number of amides is 1. The van der Waals surface area contributed by atoms with Crippen LogP contribution in [0.25, 0.3) is 0 Å². The second-order valence-electron chi connectivity index (χ2n) is 4.99. The van der Waals surface area contributed by atoms with Crippen LogP contribution in [-0.4, -0.2) is 23.5 Å². The predicted octanol–water partition coefficient (Wildman–Crippen LogP) is 1.59. The molecule has 4 atom stereocenters. The Hall–Kier alpha value is -1.58. The fourth-order valence-corrected chi connectivity index (χ4v) is 3.08. The molecular weight excluding hydrogens is 230 g/mol. The van der Waals surface area contributed by atoms with Crippen LogP contribution < -0.4 is 5.32 Å². The Kier molecular flexibility index (Phi) is 3.84. The van der Waals surface area contributed by atoms with Gasteiger partial charge in [-0.15, -0.1) is 0 Å². The van der Waals surface area contributed by atoms with Crippen molar-refractivity contribution in [3.05, 3.63) is 24.3 Å². The average Bonchev–Trinajstić information content (AvgIpc) is 2.94. The summed E-state index contributed by atoms with van der Waals surface area (Å²) in [6, 6.07) is 0. The van der Waals surface area contributed by atoms with Gasteiger partial charge in [-0.25, -0.2) is 0 Å². The molecule has 18 heavy (non-hydrogen) atoms. The van der Waals surface area contributed by atoms with Gasteiger partial charge >= 0.3 is 5.97 Å². The third-order valence-corrected chi connectivity index (χ3v) is 3.89. The van der Waals surface area contributed by atoms with Gasteiger partial charge in [0, 0.05) is 6.54 Å². The van der Waals surface area contributed by atoms with Gasteiger partial charge in [-0.2, -0.15) is 0 Å². The first kappa shape index (κ1) is 12.9. The highest BCUT2D eigenvalue weighted by Gasteiger charge is 2.51. The van der Waals surface area contributed by atoms with Crippen molar-refractivity contribution in [2.45, 2.75) is 19.8 Å². The lowest BCUT2D eigenvalue weighted by molar-refractivity contribution is -0.147. The minimum Gasteiger partial charge on any atom is -0.481 e. The van der Waals surface area contributed by atoms with E-state index in [0.29, 0.717) is 6.54 Å². The molecule has 2 N–H and O–H groups in total. The van der Waals surface area contributed by atoms with Gasteiger partial charge in [0.1, 0.15) is 0 Å². The molecule has 1 fully saturated rings. The number of rotatable bonds is 5. The highest BCUT2D eigenvalue weighted by Crippen LogP contribution is 2.48. The summed E-state index contributed by atoms with van der Waals surface area (Å²) in [6.45, 7) is 2.51. The Morgan fingerprint density at radius 3 is 2.61 bits per heavy atom. The molecule has 0 aromatic rings. The molecular formula is C14H19NO3. The Morgan fingerprint density at radius 2 is 2.00 bits per heavy atom. The van der Waals surface area contributed by atoms with Crippen LogP contribution >= 0.6 is 0 Å². The summed E-state index contributed by atoms with van der Waals surface area (Å²) in [5.41, 5.74) is 0. The Morgan fingerprint density at radius 1 is 1.33 bits per heavy atom. The lowest BCUT2D eigenvalue weighted by Gasteiger charge is -2.23. The first-order chi connectivity index (χ1) is 8.65. The maximum absolute atomic E-state index is 12.1. The van der Waals surface area contributed by atoms with E-state index >= 15 is 0 Å². The van der Waals surface area contributed by atoms with Gasteiger partial charge in [0.15, 0.2) is 0 Å². The van der Waals surface area contributed by atoms with E-state index < -0.39 is 11.9 Å². The molecule has 1 saturated carbocycles. The second-order valence-corrected chi connectivity index (χ2v) is 4.99. The van der Waals surface area contributed by atoms with E-state index in [2.05, 4.69) is 5.32 Å². The number of carbonyl (C=O) groups excluding carboxylic acids is 1. The topological polar surface area (TPSA) is 66.4 Å². The van der Waals surface area contributed by atoms with Gasteiger partial charge in [0.05, 0.1) is 11.8 Å². The number of carboxylic acid groups (broad SMARTS) is 1. The lowest BCUT2D eigenvalue weighted by Crippen LogP contribution is -2.40. The van der Waals surface area contributed by atoms with E-state index in [9.17, 15) is 14.7 Å². The molecule has 0 heterocycles. The molecule has 0 aromatic heterocycles. The Bertz CT molecular complexity index is 400. The van der Waals surface area contributed by atoms with Gasteiger partial charge in [-0.05, 0) is 31.6 Å². The lowest BCUT2D eigenvalue weighted by atomic mass is 9.82. The fourth-order valence-electron chi connectivity index (χ4n) is 3.08. The van der Waals surface area contributed by atoms with E-state index in [4.69, 9.17) is 0 Å². The van der Waals surface area contributed by atoms with Crippen LogP contribution in [-0.2, 0) is 9.59 Å². The van der Waals surface area contributed by atoms with Crippen molar-refractivity contribution in [1.29, 1.82) is 0 Å². The molecule has 98 valence electrons. The van der Waals surface area contributed by atoms with Crippen LogP contribution in [0.15, 0.2) is 24.3 Å². The van der Waals surface area contributed by atoms with E-state index in [-0.39, 0.29) is 23.7 Å². The summed E-state index contributed by atoms with van der Waals surface area (Å²) in [7, 11) is 0. The SMILES string of the molecule is C/C=C/CCNC(=O)C1C2C=CC(C2)C1C(=O)O. The summed E-state index contributed by atoms with van der Waals surface area (Å²) < 4.78 is 0. The molecule has 0 saturated heterocycles. The van der Waals surface area contributed by atoms with E-state index in [1.807, 2.05) is 31.2 Å². The summed E-state index contributed by atoms with van der Waals surface area (Å²) in [4.78, 5) is 23.3. The largest absolute Gasteiger partial charge is 0.481 e. The van der Waals surface area contributed by atoms with Crippen LogP contribution in [0.1, 0.15) is 19.8 Å². The molecule has 2 bridgehead atoms. The van der Waals surface area contributed by atoms with Crippen molar-refractivity contribution < 1.29 is 14.7 Å². The summed E-state index contributed by atoms with van der Waals surface area (Å²) >= 11 is 0. The number of carbonyl (C=O) groups is 2. The van der Waals surface area contributed by atoms with Gasteiger partial charge in [0.2, 0.25) is 5.91 Å². The molecule has 4 unspecified atom stereocenters. The minimum atomic E-state index is -0.847. The van der Waals surface area contributed by atoms with Crippen molar-refractivity contribution >= 4 is 11.9 Å². The smallest absolute Gasteiger partial charge is 0.307 e. The summed E-state index contributed by atoms with van der Waals surface area (Å²) in [5, 5.41) is 12.1. The standard InChI is InChI=1S/C14H19NO3/c1-2-3-4-7-15-13(16)11-9-5-6-10(8-9)12(11)14(17)18/h2-3,5-6,9-12H,4,7-8H2,1H3,(H,15,16)(H,17,18)/b3-2+. The number of nitrogens with one attached hydrogen (secondary N) is 1. The van der Waals surface area contributed by atoms with Gasteiger partial charge in [-0.3, -0.25) is 9.59 Å². The normalized spacial score (nSPS) is 33.2. The van der Waals surface area contributed by atoms with E-state index in [0.717, 1.165) is 12.8 Å². The number of hydrogen-bond donors (Lipinski definition) is 2. The zero-order chi connectivity index (χ0) is 13.1. The van der Waals surface area contributed by atoms with Crippen LogP contribution in [0.4, 0.5) is 0 Å². The summed E-state index contributed by atoms with van der Waals surface area (Å²) in [6.07, 6.45) is 9.47. The van der Waals surface area contributed by atoms with Crippen LogP contribution in [0.3, 0.4) is 0 Å². The molecule has 0 aromatic carbocycles. The Labute approximate surface area is 107 Å². The molecule has 2 rings (SSSR count). The van der Waals surface area contributed by atoms with Gasteiger partial charge in [-0.1, -0.05) is 24.3 Å². The average molecular weight is 249 g/mol. The number of hydrogen-bond acceptors (Lipinski definition) is 2. The molecule has 2 aliphatic carbocycles. The van der Waals surface area contributed by atoms with Crippen LogP contribution in [0, 0.1) is 23.7 Å². The first-order valence-corrected chi connectivity index (χ1v) is 6.45. The maximum atomic E-state index is 12.1. The monoisotopic (exact) mass is 249 g/mol. The molecule has 0 spiro atoms. The quantitative estimate of drug-likeness (QED) is 0.574. The molecule has 0 radical (unpaired) electrons. The number of fused-ring (bicyclic) bond motifs is 2. The zero-order valence-electron chi connectivity index (χ0n) is 10.5. The highest BCUT2D eigenvalue weighted by molar-refractivity contribution is 5.86.